The lowest BCUT2D eigenvalue weighted by atomic mass is 10.2. The average molecular weight is 416 g/mol. The van der Waals surface area contributed by atoms with Gasteiger partial charge in [-0.2, -0.15) is 0 Å². The maximum Gasteiger partial charge on any atom is 0.573 e. The van der Waals surface area contributed by atoms with Crippen molar-refractivity contribution < 1.29 is 31.9 Å². The number of nitrogens with one attached hydrogen (secondary N) is 2. The van der Waals surface area contributed by atoms with Crippen LogP contribution in [0.1, 0.15) is 16.1 Å². The van der Waals surface area contributed by atoms with Gasteiger partial charge in [0.05, 0.1) is 6.26 Å². The molecule has 3 aromatic rings. The Balaban J connectivity index is 1.76. The standard InChI is InChI=1S/C21H15F3N2O4/c22-21(23,24)30-16-10-8-15(9-11-16)25-20(28)18(13-17-7-4-12-29-17)26-19(27)14-5-2-1-3-6-14/h1-13H,(H,25,28)(H,26,27). The topological polar surface area (TPSA) is 80.6 Å². The SMILES string of the molecule is O=C(Nc1ccc(OC(F)(F)F)cc1)C(=Cc1ccco1)NC(=O)c1ccccc1. The van der Waals surface area contributed by atoms with Gasteiger partial charge >= 0.3 is 6.36 Å². The van der Waals surface area contributed by atoms with E-state index in [1.54, 1.807) is 42.5 Å². The number of halogens is 3. The van der Waals surface area contributed by atoms with Crippen LogP contribution in [0, 0.1) is 0 Å². The highest BCUT2D eigenvalue weighted by Gasteiger charge is 2.31. The van der Waals surface area contributed by atoms with Crippen molar-refractivity contribution in [2.24, 2.45) is 0 Å². The van der Waals surface area contributed by atoms with Gasteiger partial charge in [0.2, 0.25) is 0 Å². The molecule has 0 bridgehead atoms. The molecule has 9 heteroatoms. The number of hydrogen-bond acceptors (Lipinski definition) is 4. The number of furan rings is 1. The van der Waals surface area contributed by atoms with E-state index in [0.29, 0.717) is 11.3 Å². The Morgan fingerprint density at radius 1 is 0.933 bits per heavy atom. The summed E-state index contributed by atoms with van der Waals surface area (Å²) in [5, 5.41) is 5.01. The van der Waals surface area contributed by atoms with Crippen molar-refractivity contribution in [2.45, 2.75) is 6.36 Å². The summed E-state index contributed by atoms with van der Waals surface area (Å²) in [7, 11) is 0. The Bertz CT molecular complexity index is 1030. The molecular weight excluding hydrogens is 401 g/mol. The fourth-order valence-electron chi connectivity index (χ4n) is 2.40. The van der Waals surface area contributed by atoms with Crippen LogP contribution >= 0.6 is 0 Å². The lowest BCUT2D eigenvalue weighted by molar-refractivity contribution is -0.274. The summed E-state index contributed by atoms with van der Waals surface area (Å²) in [4.78, 5) is 25.1. The molecule has 0 spiro atoms. The molecule has 0 radical (unpaired) electrons. The van der Waals surface area contributed by atoms with E-state index >= 15 is 0 Å². The zero-order valence-corrected chi connectivity index (χ0v) is 15.3. The van der Waals surface area contributed by atoms with Gasteiger partial charge in [-0.25, -0.2) is 0 Å². The molecule has 1 heterocycles. The van der Waals surface area contributed by atoms with Crippen LogP contribution in [0.2, 0.25) is 0 Å². The van der Waals surface area contributed by atoms with Crippen LogP contribution in [-0.4, -0.2) is 18.2 Å². The van der Waals surface area contributed by atoms with Crippen molar-refractivity contribution >= 4 is 23.6 Å². The molecule has 0 saturated heterocycles. The highest BCUT2D eigenvalue weighted by molar-refractivity contribution is 6.10. The number of hydrogen-bond donors (Lipinski definition) is 2. The molecule has 2 amide bonds. The lowest BCUT2D eigenvalue weighted by Crippen LogP contribution is -2.30. The highest BCUT2D eigenvalue weighted by atomic mass is 19.4. The van der Waals surface area contributed by atoms with Gasteiger partial charge < -0.3 is 19.8 Å². The molecule has 6 nitrogen and oxygen atoms in total. The number of carbonyl (C=O) groups is 2. The predicted molar refractivity (Wildman–Crippen MR) is 102 cm³/mol. The van der Waals surface area contributed by atoms with Gasteiger partial charge in [0.25, 0.3) is 11.8 Å². The average Bonchev–Trinajstić information content (AvgIpc) is 3.21. The molecule has 0 fully saturated rings. The predicted octanol–water partition coefficient (Wildman–Crippen LogP) is 4.59. The smallest absolute Gasteiger partial charge is 0.465 e. The molecule has 0 saturated carbocycles. The van der Waals surface area contributed by atoms with Crippen molar-refractivity contribution in [3.05, 3.63) is 90.0 Å². The number of carbonyl (C=O) groups excluding carboxylic acids is 2. The van der Waals surface area contributed by atoms with Crippen molar-refractivity contribution in [3.8, 4) is 5.75 Å². The monoisotopic (exact) mass is 416 g/mol. The molecule has 0 unspecified atom stereocenters. The Hall–Kier alpha value is -4.01. The summed E-state index contributed by atoms with van der Waals surface area (Å²) in [5.74, 6) is -1.32. The number of rotatable bonds is 6. The van der Waals surface area contributed by atoms with Gasteiger partial charge in [-0.15, -0.1) is 13.2 Å². The molecule has 0 aliphatic rings. The van der Waals surface area contributed by atoms with Crippen molar-refractivity contribution in [1.82, 2.24) is 5.32 Å². The summed E-state index contributed by atoms with van der Waals surface area (Å²) in [6.45, 7) is 0. The number of amides is 2. The molecule has 0 aliphatic carbocycles. The van der Waals surface area contributed by atoms with E-state index in [2.05, 4.69) is 15.4 Å². The first-order valence-electron chi connectivity index (χ1n) is 8.59. The van der Waals surface area contributed by atoms with E-state index in [0.717, 1.165) is 12.1 Å². The minimum atomic E-state index is -4.81. The normalized spacial score (nSPS) is 11.6. The Kier molecular flexibility index (Phi) is 6.21. The maximum atomic E-state index is 12.7. The van der Waals surface area contributed by atoms with E-state index in [-0.39, 0.29) is 11.4 Å². The molecule has 1 aromatic heterocycles. The number of anilines is 1. The third kappa shape index (κ3) is 5.99. The van der Waals surface area contributed by atoms with Crippen LogP contribution < -0.4 is 15.4 Å². The quantitative estimate of drug-likeness (QED) is 0.576. The van der Waals surface area contributed by atoms with Crippen molar-refractivity contribution in [1.29, 1.82) is 0 Å². The fraction of sp³-hybridized carbons (Fsp3) is 0.0476. The first kappa shape index (κ1) is 20.7. The van der Waals surface area contributed by atoms with Crippen LogP contribution in [0.3, 0.4) is 0 Å². The Morgan fingerprint density at radius 3 is 2.23 bits per heavy atom. The molecule has 2 N–H and O–H groups in total. The van der Waals surface area contributed by atoms with Crippen LogP contribution in [0.15, 0.2) is 83.1 Å². The maximum absolute atomic E-state index is 12.7. The van der Waals surface area contributed by atoms with E-state index in [9.17, 15) is 22.8 Å². The minimum Gasteiger partial charge on any atom is -0.465 e. The summed E-state index contributed by atoms with van der Waals surface area (Å²) >= 11 is 0. The lowest BCUT2D eigenvalue weighted by Gasteiger charge is -2.12. The summed E-state index contributed by atoms with van der Waals surface area (Å²) < 4.78 is 45.7. The van der Waals surface area contributed by atoms with E-state index in [1.165, 1.54) is 24.5 Å². The second-order valence-corrected chi connectivity index (χ2v) is 5.92. The van der Waals surface area contributed by atoms with Crippen LogP contribution in [-0.2, 0) is 4.79 Å². The minimum absolute atomic E-state index is 0.116. The Morgan fingerprint density at radius 2 is 1.63 bits per heavy atom. The molecule has 0 atom stereocenters. The molecule has 3 rings (SSSR count). The van der Waals surface area contributed by atoms with E-state index in [1.807, 2.05) is 0 Å². The zero-order valence-electron chi connectivity index (χ0n) is 15.3. The van der Waals surface area contributed by atoms with E-state index < -0.39 is 23.9 Å². The van der Waals surface area contributed by atoms with E-state index in [4.69, 9.17) is 4.42 Å². The van der Waals surface area contributed by atoms with Gasteiger partial charge in [0.1, 0.15) is 17.2 Å². The Labute approximate surface area is 169 Å². The summed E-state index contributed by atoms with van der Waals surface area (Å²) in [6, 6.07) is 16.0. The van der Waals surface area contributed by atoms with Crippen molar-refractivity contribution in [2.75, 3.05) is 5.32 Å². The van der Waals surface area contributed by atoms with Gasteiger partial charge in [-0.1, -0.05) is 18.2 Å². The first-order chi connectivity index (χ1) is 14.3. The molecular formula is C21H15F3N2O4. The van der Waals surface area contributed by atoms with Crippen LogP contribution in [0.4, 0.5) is 18.9 Å². The fourth-order valence-corrected chi connectivity index (χ4v) is 2.40. The third-order valence-corrected chi connectivity index (χ3v) is 3.70. The molecule has 30 heavy (non-hydrogen) atoms. The molecule has 0 aliphatic heterocycles. The second kappa shape index (κ2) is 8.99. The van der Waals surface area contributed by atoms with Crippen LogP contribution in [0.25, 0.3) is 6.08 Å². The molecule has 2 aromatic carbocycles. The second-order valence-electron chi connectivity index (χ2n) is 5.92. The molecule has 154 valence electrons. The van der Waals surface area contributed by atoms with Gasteiger partial charge in [-0.3, -0.25) is 9.59 Å². The summed E-state index contributed by atoms with van der Waals surface area (Å²) in [6.07, 6.45) is -2.08. The van der Waals surface area contributed by atoms with Crippen molar-refractivity contribution in [3.63, 3.8) is 0 Å². The van der Waals surface area contributed by atoms with Gasteiger partial charge in [0.15, 0.2) is 0 Å². The number of ether oxygens (including phenoxy) is 1. The van der Waals surface area contributed by atoms with Crippen LogP contribution in [0.5, 0.6) is 5.75 Å². The first-order valence-corrected chi connectivity index (χ1v) is 8.59. The third-order valence-electron chi connectivity index (χ3n) is 3.70. The highest BCUT2D eigenvalue weighted by Crippen LogP contribution is 2.24. The van der Waals surface area contributed by atoms with Gasteiger partial charge in [0, 0.05) is 17.3 Å². The summed E-state index contributed by atoms with van der Waals surface area (Å²) in [5.41, 5.74) is 0.424. The number of benzene rings is 2. The zero-order chi connectivity index (χ0) is 21.6. The largest absolute Gasteiger partial charge is 0.573 e. The van der Waals surface area contributed by atoms with Gasteiger partial charge in [-0.05, 0) is 48.5 Å². The number of alkyl halides is 3.